The Labute approximate surface area is 148 Å². The molecule has 1 heterocycles. The molecule has 0 bridgehead atoms. The molecule has 0 fully saturated rings. The van der Waals surface area contributed by atoms with Crippen LogP contribution in [0, 0.1) is 13.8 Å². The summed E-state index contributed by atoms with van der Waals surface area (Å²) in [5, 5.41) is 0. The summed E-state index contributed by atoms with van der Waals surface area (Å²) >= 11 is 0. The molecule has 4 nitrogen and oxygen atoms in total. The summed E-state index contributed by atoms with van der Waals surface area (Å²) in [6.07, 6.45) is 4.81. The van der Waals surface area contributed by atoms with E-state index in [1.54, 1.807) is 12.3 Å². The molecular formula is C20H20N2O2S. The number of nitrogens with zero attached hydrogens (tertiary/aromatic N) is 1. The van der Waals surface area contributed by atoms with Gasteiger partial charge in [0, 0.05) is 23.5 Å². The van der Waals surface area contributed by atoms with Crippen molar-refractivity contribution in [1.82, 2.24) is 4.98 Å². The zero-order valence-electron chi connectivity index (χ0n) is 14.4. The van der Waals surface area contributed by atoms with Gasteiger partial charge in [-0.1, -0.05) is 36.4 Å². The van der Waals surface area contributed by atoms with Gasteiger partial charge >= 0.3 is 0 Å². The molecule has 3 aromatic rings. The van der Waals surface area contributed by atoms with E-state index in [9.17, 15) is 8.42 Å². The monoisotopic (exact) mass is 352 g/mol. The standard InChI is InChI=1S/C20H20N2O2S/c1-14-10-11-21-13-19(14)17-9-8-16(12-15(17)2)18-6-4-5-7-20(18)22-25(3,23)24/h4-13,22H,1-3H3. The molecule has 0 saturated heterocycles. The molecule has 1 N–H and O–H groups in total. The van der Waals surface area contributed by atoms with Crippen LogP contribution in [0.2, 0.25) is 0 Å². The molecule has 0 aliphatic rings. The number of para-hydroxylation sites is 1. The predicted molar refractivity (Wildman–Crippen MR) is 103 cm³/mol. The van der Waals surface area contributed by atoms with Gasteiger partial charge in [0.15, 0.2) is 0 Å². The van der Waals surface area contributed by atoms with Crippen LogP contribution in [0.15, 0.2) is 60.9 Å². The highest BCUT2D eigenvalue weighted by molar-refractivity contribution is 7.92. The minimum absolute atomic E-state index is 0.578. The average Bonchev–Trinajstić information content (AvgIpc) is 2.55. The fourth-order valence-corrected chi connectivity index (χ4v) is 3.48. The molecule has 25 heavy (non-hydrogen) atoms. The Kier molecular flexibility index (Phi) is 4.59. The van der Waals surface area contributed by atoms with Crippen molar-refractivity contribution < 1.29 is 8.42 Å². The minimum atomic E-state index is -3.33. The van der Waals surface area contributed by atoms with Crippen LogP contribution in [-0.4, -0.2) is 19.7 Å². The van der Waals surface area contributed by atoms with Crippen molar-refractivity contribution >= 4 is 15.7 Å². The Morgan fingerprint density at radius 1 is 0.880 bits per heavy atom. The van der Waals surface area contributed by atoms with Gasteiger partial charge < -0.3 is 0 Å². The van der Waals surface area contributed by atoms with E-state index in [0.717, 1.165) is 34.1 Å². The number of hydrogen-bond donors (Lipinski definition) is 1. The average molecular weight is 352 g/mol. The summed E-state index contributed by atoms with van der Waals surface area (Å²) in [4.78, 5) is 4.22. The minimum Gasteiger partial charge on any atom is -0.283 e. The van der Waals surface area contributed by atoms with Gasteiger partial charge in [0.2, 0.25) is 10.0 Å². The number of sulfonamides is 1. The molecule has 0 radical (unpaired) electrons. The maximum absolute atomic E-state index is 11.6. The van der Waals surface area contributed by atoms with E-state index in [4.69, 9.17) is 0 Å². The van der Waals surface area contributed by atoms with Crippen molar-refractivity contribution in [1.29, 1.82) is 0 Å². The third-order valence-electron chi connectivity index (χ3n) is 4.09. The Morgan fingerprint density at radius 3 is 2.32 bits per heavy atom. The van der Waals surface area contributed by atoms with Crippen molar-refractivity contribution in [2.24, 2.45) is 0 Å². The number of aryl methyl sites for hydroxylation is 2. The molecule has 5 heteroatoms. The second-order valence-corrected chi connectivity index (χ2v) is 7.89. The van der Waals surface area contributed by atoms with Gasteiger partial charge in [-0.25, -0.2) is 8.42 Å². The van der Waals surface area contributed by atoms with Crippen molar-refractivity contribution in [3.63, 3.8) is 0 Å². The van der Waals surface area contributed by atoms with Crippen LogP contribution < -0.4 is 4.72 Å². The van der Waals surface area contributed by atoms with E-state index in [2.05, 4.69) is 35.7 Å². The second-order valence-electron chi connectivity index (χ2n) is 6.14. The number of aromatic nitrogens is 1. The van der Waals surface area contributed by atoms with E-state index in [0.29, 0.717) is 5.69 Å². The van der Waals surface area contributed by atoms with Gasteiger partial charge in [-0.05, 0) is 48.2 Å². The van der Waals surface area contributed by atoms with Crippen LogP contribution >= 0.6 is 0 Å². The second kappa shape index (κ2) is 6.69. The number of hydrogen-bond acceptors (Lipinski definition) is 3. The van der Waals surface area contributed by atoms with E-state index >= 15 is 0 Å². The third-order valence-corrected chi connectivity index (χ3v) is 4.68. The highest BCUT2D eigenvalue weighted by Crippen LogP contribution is 2.33. The summed E-state index contributed by atoms with van der Waals surface area (Å²) in [5.74, 6) is 0. The molecule has 0 atom stereocenters. The molecule has 2 aromatic carbocycles. The lowest BCUT2D eigenvalue weighted by molar-refractivity contribution is 0.607. The van der Waals surface area contributed by atoms with Crippen LogP contribution in [0.5, 0.6) is 0 Å². The van der Waals surface area contributed by atoms with Crippen molar-refractivity contribution in [3.8, 4) is 22.3 Å². The molecule has 0 saturated carbocycles. The Bertz CT molecular complexity index is 1030. The normalized spacial score (nSPS) is 11.3. The van der Waals surface area contributed by atoms with Gasteiger partial charge in [0.25, 0.3) is 0 Å². The SMILES string of the molecule is Cc1cc(-c2ccccc2NS(C)(=O)=O)ccc1-c1cnccc1C. The molecule has 1 aromatic heterocycles. The van der Waals surface area contributed by atoms with Gasteiger partial charge in [-0.3, -0.25) is 9.71 Å². The lowest BCUT2D eigenvalue weighted by atomic mass is 9.94. The van der Waals surface area contributed by atoms with Gasteiger partial charge in [-0.2, -0.15) is 0 Å². The fraction of sp³-hybridized carbons (Fsp3) is 0.150. The molecule has 0 aliphatic heterocycles. The van der Waals surface area contributed by atoms with Gasteiger partial charge in [-0.15, -0.1) is 0 Å². The summed E-state index contributed by atoms with van der Waals surface area (Å²) in [6, 6.07) is 15.5. The Hall–Kier alpha value is -2.66. The Balaban J connectivity index is 2.07. The highest BCUT2D eigenvalue weighted by atomic mass is 32.2. The first-order chi connectivity index (χ1) is 11.8. The van der Waals surface area contributed by atoms with Gasteiger partial charge in [0.1, 0.15) is 0 Å². The maximum atomic E-state index is 11.6. The smallest absolute Gasteiger partial charge is 0.229 e. The predicted octanol–water partition coefficient (Wildman–Crippen LogP) is 4.40. The quantitative estimate of drug-likeness (QED) is 0.757. The van der Waals surface area contributed by atoms with Crippen molar-refractivity contribution in [3.05, 3.63) is 72.1 Å². The first-order valence-corrected chi connectivity index (χ1v) is 9.83. The number of anilines is 1. The first-order valence-electron chi connectivity index (χ1n) is 7.94. The fourth-order valence-electron chi connectivity index (χ4n) is 2.90. The number of pyridine rings is 1. The van der Waals surface area contributed by atoms with Crippen molar-refractivity contribution in [2.75, 3.05) is 11.0 Å². The van der Waals surface area contributed by atoms with Crippen LogP contribution in [0.25, 0.3) is 22.3 Å². The van der Waals surface area contributed by atoms with E-state index < -0.39 is 10.0 Å². The summed E-state index contributed by atoms with van der Waals surface area (Å²) in [7, 11) is -3.33. The van der Waals surface area contributed by atoms with Gasteiger partial charge in [0.05, 0.1) is 11.9 Å². The van der Waals surface area contributed by atoms with E-state index in [-0.39, 0.29) is 0 Å². The summed E-state index contributed by atoms with van der Waals surface area (Å²) in [6.45, 7) is 4.12. The largest absolute Gasteiger partial charge is 0.283 e. The lowest BCUT2D eigenvalue weighted by Crippen LogP contribution is -2.10. The Morgan fingerprint density at radius 2 is 1.64 bits per heavy atom. The van der Waals surface area contributed by atoms with Crippen LogP contribution in [0.3, 0.4) is 0 Å². The molecule has 128 valence electrons. The first kappa shape index (κ1) is 17.2. The van der Waals surface area contributed by atoms with Crippen LogP contribution in [0.4, 0.5) is 5.69 Å². The molecule has 0 spiro atoms. The maximum Gasteiger partial charge on any atom is 0.229 e. The van der Waals surface area contributed by atoms with E-state index in [1.165, 1.54) is 5.56 Å². The number of rotatable bonds is 4. The molecule has 0 unspecified atom stereocenters. The zero-order valence-corrected chi connectivity index (χ0v) is 15.3. The number of benzene rings is 2. The topological polar surface area (TPSA) is 59.1 Å². The number of nitrogens with one attached hydrogen (secondary N) is 1. The van der Waals surface area contributed by atoms with E-state index in [1.807, 2.05) is 36.5 Å². The lowest BCUT2D eigenvalue weighted by Gasteiger charge is -2.14. The summed E-state index contributed by atoms with van der Waals surface area (Å²) in [5.41, 5.74) is 6.92. The molecule has 0 amide bonds. The van der Waals surface area contributed by atoms with Crippen LogP contribution in [0.1, 0.15) is 11.1 Å². The third kappa shape index (κ3) is 3.88. The highest BCUT2D eigenvalue weighted by Gasteiger charge is 2.11. The molecular weight excluding hydrogens is 332 g/mol. The molecule has 0 aliphatic carbocycles. The molecule has 3 rings (SSSR count). The zero-order chi connectivity index (χ0) is 18.0. The van der Waals surface area contributed by atoms with Crippen LogP contribution in [-0.2, 0) is 10.0 Å². The summed E-state index contributed by atoms with van der Waals surface area (Å²) < 4.78 is 25.8. The van der Waals surface area contributed by atoms with Crippen molar-refractivity contribution in [2.45, 2.75) is 13.8 Å².